The van der Waals surface area contributed by atoms with E-state index < -0.39 is 11.6 Å². The van der Waals surface area contributed by atoms with E-state index in [4.69, 9.17) is 15.2 Å². The molecule has 0 radical (unpaired) electrons. The summed E-state index contributed by atoms with van der Waals surface area (Å²) in [6.07, 6.45) is 0. The van der Waals surface area contributed by atoms with Gasteiger partial charge in [-0.1, -0.05) is 0 Å². The molecule has 0 aliphatic carbocycles. The first-order valence-electron chi connectivity index (χ1n) is 5.60. The van der Waals surface area contributed by atoms with E-state index in [9.17, 15) is 8.78 Å². The fourth-order valence-corrected chi connectivity index (χ4v) is 1.62. The zero-order chi connectivity index (χ0) is 13.8. The van der Waals surface area contributed by atoms with Gasteiger partial charge in [0.15, 0.2) is 0 Å². The Morgan fingerprint density at radius 3 is 2.37 bits per heavy atom. The highest BCUT2D eigenvalue weighted by molar-refractivity contribution is 5.55. The largest absolute Gasteiger partial charge is 0.497 e. The summed E-state index contributed by atoms with van der Waals surface area (Å²) in [4.78, 5) is 0. The Bertz CT molecular complexity index is 567. The van der Waals surface area contributed by atoms with E-state index in [1.165, 1.54) is 19.2 Å². The van der Waals surface area contributed by atoms with Gasteiger partial charge in [0.1, 0.15) is 29.7 Å². The molecule has 0 saturated carbocycles. The molecule has 5 heteroatoms. The summed E-state index contributed by atoms with van der Waals surface area (Å²) >= 11 is 0. The van der Waals surface area contributed by atoms with Crippen LogP contribution in [-0.2, 0) is 6.61 Å². The molecule has 100 valence electrons. The number of hydrogen-bond donors (Lipinski definition) is 1. The maximum atomic E-state index is 13.0. The van der Waals surface area contributed by atoms with Crippen molar-refractivity contribution in [2.24, 2.45) is 0 Å². The highest BCUT2D eigenvalue weighted by Gasteiger charge is 2.05. The van der Waals surface area contributed by atoms with Crippen LogP contribution in [0.1, 0.15) is 5.56 Å². The molecule has 3 nitrogen and oxygen atoms in total. The average Bonchev–Trinajstić information content (AvgIpc) is 2.37. The van der Waals surface area contributed by atoms with E-state index in [-0.39, 0.29) is 6.61 Å². The summed E-state index contributed by atoms with van der Waals surface area (Å²) in [5.41, 5.74) is 6.56. The zero-order valence-electron chi connectivity index (χ0n) is 10.3. The van der Waals surface area contributed by atoms with Crippen LogP contribution in [0.4, 0.5) is 14.5 Å². The van der Waals surface area contributed by atoms with E-state index in [0.29, 0.717) is 22.7 Å². The minimum Gasteiger partial charge on any atom is -0.497 e. The lowest BCUT2D eigenvalue weighted by molar-refractivity contribution is 0.304. The summed E-state index contributed by atoms with van der Waals surface area (Å²) in [7, 11) is 1.53. The molecule has 0 fully saturated rings. The van der Waals surface area contributed by atoms with Crippen molar-refractivity contribution in [2.45, 2.75) is 6.61 Å². The van der Waals surface area contributed by atoms with Gasteiger partial charge in [-0.05, 0) is 29.8 Å². The number of nitrogen functional groups attached to an aromatic ring is 1. The molecule has 0 saturated heterocycles. The first kappa shape index (κ1) is 13.1. The number of hydrogen-bond acceptors (Lipinski definition) is 3. The Labute approximate surface area is 109 Å². The lowest BCUT2D eigenvalue weighted by atomic mass is 10.2. The van der Waals surface area contributed by atoms with Gasteiger partial charge in [-0.2, -0.15) is 0 Å². The van der Waals surface area contributed by atoms with E-state index in [1.54, 1.807) is 18.2 Å². The summed E-state index contributed by atoms with van der Waals surface area (Å²) in [5, 5.41) is 0. The first-order chi connectivity index (χ1) is 9.08. The molecular weight excluding hydrogens is 252 g/mol. The first-order valence-corrected chi connectivity index (χ1v) is 5.60. The molecule has 2 N–H and O–H groups in total. The van der Waals surface area contributed by atoms with Crippen LogP contribution in [0.5, 0.6) is 11.5 Å². The molecule has 0 aliphatic heterocycles. The number of ether oxygens (including phenoxy) is 2. The Hall–Kier alpha value is -2.30. The van der Waals surface area contributed by atoms with Crippen LogP contribution in [-0.4, -0.2) is 7.11 Å². The normalized spacial score (nSPS) is 10.3. The Balaban J connectivity index is 2.13. The van der Waals surface area contributed by atoms with Gasteiger partial charge in [-0.25, -0.2) is 8.78 Å². The summed E-state index contributed by atoms with van der Waals surface area (Å²) in [5.74, 6) is -0.284. The number of nitrogens with two attached hydrogens (primary N) is 1. The van der Waals surface area contributed by atoms with Gasteiger partial charge >= 0.3 is 0 Å². The SMILES string of the molecule is COc1ccc(N)c(OCc2cc(F)cc(F)c2)c1. The average molecular weight is 265 g/mol. The van der Waals surface area contributed by atoms with Crippen LogP contribution in [0.3, 0.4) is 0 Å². The molecule has 0 aliphatic rings. The van der Waals surface area contributed by atoms with E-state index in [1.807, 2.05) is 0 Å². The van der Waals surface area contributed by atoms with Gasteiger partial charge < -0.3 is 15.2 Å². The smallest absolute Gasteiger partial charge is 0.146 e. The third kappa shape index (κ3) is 3.34. The third-order valence-electron chi connectivity index (χ3n) is 2.54. The van der Waals surface area contributed by atoms with Crippen molar-refractivity contribution in [1.29, 1.82) is 0 Å². The molecule has 0 bridgehead atoms. The fourth-order valence-electron chi connectivity index (χ4n) is 1.62. The van der Waals surface area contributed by atoms with E-state index >= 15 is 0 Å². The molecule has 0 heterocycles. The van der Waals surface area contributed by atoms with Crippen LogP contribution in [0.2, 0.25) is 0 Å². The van der Waals surface area contributed by atoms with Gasteiger partial charge in [0.25, 0.3) is 0 Å². The van der Waals surface area contributed by atoms with Crippen molar-refractivity contribution in [3.8, 4) is 11.5 Å². The van der Waals surface area contributed by atoms with Crippen molar-refractivity contribution in [3.05, 3.63) is 53.6 Å². The Morgan fingerprint density at radius 2 is 1.74 bits per heavy atom. The lowest BCUT2D eigenvalue weighted by Crippen LogP contribution is -2.00. The monoisotopic (exact) mass is 265 g/mol. The van der Waals surface area contributed by atoms with Gasteiger partial charge in [0.2, 0.25) is 0 Å². The maximum Gasteiger partial charge on any atom is 0.146 e. The van der Waals surface area contributed by atoms with Crippen LogP contribution < -0.4 is 15.2 Å². The van der Waals surface area contributed by atoms with E-state index in [0.717, 1.165) is 6.07 Å². The van der Waals surface area contributed by atoms with Gasteiger partial charge in [-0.3, -0.25) is 0 Å². The van der Waals surface area contributed by atoms with Crippen molar-refractivity contribution in [3.63, 3.8) is 0 Å². The molecular formula is C14H13F2NO2. The van der Waals surface area contributed by atoms with Crippen molar-refractivity contribution in [1.82, 2.24) is 0 Å². The number of methoxy groups -OCH3 is 1. The van der Waals surface area contributed by atoms with Crippen LogP contribution in [0, 0.1) is 11.6 Å². The van der Waals surface area contributed by atoms with Crippen LogP contribution in [0.15, 0.2) is 36.4 Å². The molecule has 2 rings (SSSR count). The molecule has 0 unspecified atom stereocenters. The van der Waals surface area contributed by atoms with Crippen LogP contribution in [0.25, 0.3) is 0 Å². The maximum absolute atomic E-state index is 13.0. The van der Waals surface area contributed by atoms with Crippen LogP contribution >= 0.6 is 0 Å². The molecule has 0 atom stereocenters. The molecule has 0 aromatic heterocycles. The summed E-state index contributed by atoms with van der Waals surface area (Å²) < 4.78 is 36.5. The molecule has 19 heavy (non-hydrogen) atoms. The van der Waals surface area contributed by atoms with E-state index in [2.05, 4.69) is 0 Å². The predicted octanol–water partition coefficient (Wildman–Crippen LogP) is 3.13. The quantitative estimate of drug-likeness (QED) is 0.864. The highest BCUT2D eigenvalue weighted by Crippen LogP contribution is 2.27. The second kappa shape index (κ2) is 5.56. The zero-order valence-corrected chi connectivity index (χ0v) is 10.3. The molecule has 2 aromatic carbocycles. The molecule has 0 amide bonds. The predicted molar refractivity (Wildman–Crippen MR) is 68.1 cm³/mol. The fraction of sp³-hybridized carbons (Fsp3) is 0.143. The number of benzene rings is 2. The minimum absolute atomic E-state index is 0.0199. The molecule has 0 spiro atoms. The topological polar surface area (TPSA) is 44.5 Å². The number of rotatable bonds is 4. The second-order valence-electron chi connectivity index (χ2n) is 3.97. The van der Waals surface area contributed by atoms with Crippen molar-refractivity contribution in [2.75, 3.05) is 12.8 Å². The van der Waals surface area contributed by atoms with Crippen molar-refractivity contribution >= 4 is 5.69 Å². The van der Waals surface area contributed by atoms with Gasteiger partial charge in [0, 0.05) is 12.1 Å². The Kier molecular flexibility index (Phi) is 3.85. The highest BCUT2D eigenvalue weighted by atomic mass is 19.1. The number of halogens is 2. The lowest BCUT2D eigenvalue weighted by Gasteiger charge is -2.10. The van der Waals surface area contributed by atoms with Crippen molar-refractivity contribution < 1.29 is 18.3 Å². The van der Waals surface area contributed by atoms with Gasteiger partial charge in [-0.15, -0.1) is 0 Å². The standard InChI is InChI=1S/C14H13F2NO2/c1-18-12-2-3-13(17)14(7-12)19-8-9-4-10(15)6-11(16)5-9/h2-7H,8,17H2,1H3. The third-order valence-corrected chi connectivity index (χ3v) is 2.54. The summed E-state index contributed by atoms with van der Waals surface area (Å²) in [6, 6.07) is 8.18. The summed E-state index contributed by atoms with van der Waals surface area (Å²) in [6.45, 7) is 0.0199. The molecule has 2 aromatic rings. The number of anilines is 1. The second-order valence-corrected chi connectivity index (χ2v) is 3.97. The van der Waals surface area contributed by atoms with Gasteiger partial charge in [0.05, 0.1) is 12.8 Å². The Morgan fingerprint density at radius 1 is 1.05 bits per heavy atom. The minimum atomic E-state index is -0.641.